The first-order valence-electron chi connectivity index (χ1n) is 9.99. The molecule has 3 aromatic rings. The summed E-state index contributed by atoms with van der Waals surface area (Å²) in [5.41, 5.74) is 0.919. The second-order valence-corrected chi connectivity index (χ2v) is 8.47. The van der Waals surface area contributed by atoms with Gasteiger partial charge >= 0.3 is 0 Å². The summed E-state index contributed by atoms with van der Waals surface area (Å²) in [6.45, 7) is 3.44. The SMILES string of the molecule is CCN(CC1COc2ccccc2O1)C(=O)CSc1nnc(-c2ccc(Cl)cc2)n1C. The van der Waals surface area contributed by atoms with Crippen molar-refractivity contribution in [3.63, 3.8) is 0 Å². The Bertz CT molecular complexity index is 1060. The highest BCUT2D eigenvalue weighted by atomic mass is 35.5. The maximum atomic E-state index is 12.8. The Morgan fingerprint density at radius 3 is 2.68 bits per heavy atom. The topological polar surface area (TPSA) is 69.5 Å². The molecule has 0 fully saturated rings. The Balaban J connectivity index is 1.35. The first-order valence-corrected chi connectivity index (χ1v) is 11.4. The van der Waals surface area contributed by atoms with Crippen molar-refractivity contribution in [3.05, 3.63) is 53.6 Å². The number of nitrogens with zero attached hydrogens (tertiary/aromatic N) is 4. The molecule has 7 nitrogen and oxygen atoms in total. The van der Waals surface area contributed by atoms with Crippen LogP contribution in [0.25, 0.3) is 11.4 Å². The van der Waals surface area contributed by atoms with Gasteiger partial charge < -0.3 is 18.9 Å². The van der Waals surface area contributed by atoms with Gasteiger partial charge in [-0.05, 0) is 43.3 Å². The van der Waals surface area contributed by atoms with E-state index in [4.69, 9.17) is 21.1 Å². The number of fused-ring (bicyclic) bond motifs is 1. The van der Waals surface area contributed by atoms with Crippen molar-refractivity contribution < 1.29 is 14.3 Å². The fraction of sp³-hybridized carbons (Fsp3) is 0.318. The molecule has 4 rings (SSSR count). The number of carbonyl (C=O) groups is 1. The Kier molecular flexibility index (Phi) is 6.67. The number of para-hydroxylation sites is 2. The Morgan fingerprint density at radius 2 is 1.94 bits per heavy atom. The molecule has 9 heteroatoms. The lowest BCUT2D eigenvalue weighted by Gasteiger charge is -2.30. The van der Waals surface area contributed by atoms with E-state index in [0.717, 1.165) is 17.1 Å². The number of benzene rings is 2. The van der Waals surface area contributed by atoms with E-state index in [1.807, 2.05) is 67.1 Å². The molecule has 0 saturated heterocycles. The van der Waals surface area contributed by atoms with Gasteiger partial charge in [0.15, 0.2) is 28.6 Å². The Hall–Kier alpha value is -2.71. The van der Waals surface area contributed by atoms with Crippen molar-refractivity contribution in [1.82, 2.24) is 19.7 Å². The number of aromatic nitrogens is 3. The van der Waals surface area contributed by atoms with Crippen molar-refractivity contribution in [2.75, 3.05) is 25.4 Å². The minimum Gasteiger partial charge on any atom is -0.486 e. The van der Waals surface area contributed by atoms with Gasteiger partial charge in [0.05, 0.1) is 12.3 Å². The third kappa shape index (κ3) is 4.97. The molecule has 0 saturated carbocycles. The predicted molar refractivity (Wildman–Crippen MR) is 121 cm³/mol. The van der Waals surface area contributed by atoms with Gasteiger partial charge in [0, 0.05) is 24.2 Å². The van der Waals surface area contributed by atoms with Crippen molar-refractivity contribution in [2.45, 2.75) is 18.2 Å². The van der Waals surface area contributed by atoms with Gasteiger partial charge in [0.25, 0.3) is 0 Å². The van der Waals surface area contributed by atoms with E-state index in [-0.39, 0.29) is 17.8 Å². The number of hydrogen-bond donors (Lipinski definition) is 0. The summed E-state index contributed by atoms with van der Waals surface area (Å²) >= 11 is 7.33. The summed E-state index contributed by atoms with van der Waals surface area (Å²) < 4.78 is 13.6. The first-order chi connectivity index (χ1) is 15.0. The average Bonchev–Trinajstić information content (AvgIpc) is 3.16. The summed E-state index contributed by atoms with van der Waals surface area (Å²) in [7, 11) is 1.89. The van der Waals surface area contributed by atoms with E-state index >= 15 is 0 Å². The van der Waals surface area contributed by atoms with Crippen LogP contribution >= 0.6 is 23.4 Å². The number of hydrogen-bond acceptors (Lipinski definition) is 6. The molecule has 1 aliphatic heterocycles. The van der Waals surface area contributed by atoms with Crippen LogP contribution in [0.15, 0.2) is 53.7 Å². The molecule has 2 aromatic carbocycles. The van der Waals surface area contributed by atoms with Gasteiger partial charge in [-0.1, -0.05) is 35.5 Å². The molecule has 2 heterocycles. The fourth-order valence-corrected chi connectivity index (χ4v) is 4.25. The summed E-state index contributed by atoms with van der Waals surface area (Å²) in [6.07, 6.45) is -0.199. The number of ether oxygens (including phenoxy) is 2. The first kappa shape index (κ1) is 21.5. The summed E-state index contributed by atoms with van der Waals surface area (Å²) in [5.74, 6) is 2.47. The largest absolute Gasteiger partial charge is 0.486 e. The number of thioether (sulfide) groups is 1. The second kappa shape index (κ2) is 9.62. The zero-order valence-electron chi connectivity index (χ0n) is 17.3. The van der Waals surface area contributed by atoms with Gasteiger partial charge in [-0.25, -0.2) is 0 Å². The maximum absolute atomic E-state index is 12.8. The van der Waals surface area contributed by atoms with E-state index in [1.165, 1.54) is 11.8 Å². The van der Waals surface area contributed by atoms with Crippen LogP contribution in [0.2, 0.25) is 5.02 Å². The van der Waals surface area contributed by atoms with Crippen LogP contribution in [-0.2, 0) is 11.8 Å². The summed E-state index contributed by atoms with van der Waals surface area (Å²) in [4.78, 5) is 14.6. The normalized spacial score (nSPS) is 15.0. The zero-order chi connectivity index (χ0) is 21.8. The smallest absolute Gasteiger partial charge is 0.233 e. The molecule has 0 aliphatic carbocycles. The number of likely N-dealkylation sites (N-methyl/N-ethyl adjacent to an activating group) is 1. The summed E-state index contributed by atoms with van der Waals surface area (Å²) in [6, 6.07) is 15.0. The fourth-order valence-electron chi connectivity index (χ4n) is 3.31. The maximum Gasteiger partial charge on any atom is 0.233 e. The molecule has 162 valence electrons. The van der Waals surface area contributed by atoms with Crippen LogP contribution in [0.1, 0.15) is 6.92 Å². The molecule has 0 spiro atoms. The molecule has 31 heavy (non-hydrogen) atoms. The third-order valence-electron chi connectivity index (χ3n) is 4.99. The van der Waals surface area contributed by atoms with Crippen molar-refractivity contribution in [3.8, 4) is 22.9 Å². The molecule has 1 aromatic heterocycles. The standard InChI is InChI=1S/C22H23ClN4O3S/c1-3-27(12-17-13-29-18-6-4-5-7-19(18)30-17)20(28)14-31-22-25-24-21(26(22)2)15-8-10-16(23)11-9-15/h4-11,17H,3,12-14H2,1-2H3. The molecule has 1 aliphatic rings. The molecule has 0 N–H and O–H groups in total. The van der Waals surface area contributed by atoms with Crippen molar-refractivity contribution in [2.24, 2.45) is 7.05 Å². The van der Waals surface area contributed by atoms with Gasteiger partial charge in [-0.15, -0.1) is 10.2 Å². The molecule has 1 amide bonds. The lowest BCUT2D eigenvalue weighted by atomic mass is 10.2. The van der Waals surface area contributed by atoms with Crippen LogP contribution in [0.3, 0.4) is 0 Å². The molecular weight excluding hydrogens is 436 g/mol. The highest BCUT2D eigenvalue weighted by molar-refractivity contribution is 7.99. The van der Waals surface area contributed by atoms with Crippen molar-refractivity contribution in [1.29, 1.82) is 0 Å². The van der Waals surface area contributed by atoms with E-state index in [1.54, 1.807) is 4.90 Å². The van der Waals surface area contributed by atoms with E-state index in [0.29, 0.717) is 35.6 Å². The molecule has 0 radical (unpaired) electrons. The number of carbonyl (C=O) groups excluding carboxylic acids is 1. The lowest BCUT2D eigenvalue weighted by molar-refractivity contribution is -0.129. The zero-order valence-corrected chi connectivity index (χ0v) is 18.9. The minimum atomic E-state index is -0.199. The summed E-state index contributed by atoms with van der Waals surface area (Å²) in [5, 5.41) is 9.85. The highest BCUT2D eigenvalue weighted by Crippen LogP contribution is 2.31. The minimum absolute atomic E-state index is 0.0194. The Labute approximate surface area is 190 Å². The van der Waals surface area contributed by atoms with Crippen LogP contribution in [-0.4, -0.2) is 57.1 Å². The van der Waals surface area contributed by atoms with Crippen LogP contribution in [0.5, 0.6) is 11.5 Å². The molecule has 1 unspecified atom stereocenters. The van der Waals surface area contributed by atoms with Gasteiger partial charge in [-0.3, -0.25) is 4.79 Å². The van der Waals surface area contributed by atoms with Crippen molar-refractivity contribution >= 4 is 29.3 Å². The van der Waals surface area contributed by atoms with Crippen LogP contribution in [0.4, 0.5) is 0 Å². The molecule has 0 bridgehead atoms. The predicted octanol–water partition coefficient (Wildman–Crippen LogP) is 3.92. The molecular formula is C22H23ClN4O3S. The van der Waals surface area contributed by atoms with Gasteiger partial charge in [-0.2, -0.15) is 0 Å². The molecule has 1 atom stereocenters. The number of rotatable bonds is 7. The quantitative estimate of drug-likeness (QED) is 0.500. The van der Waals surface area contributed by atoms with E-state index in [2.05, 4.69) is 10.2 Å². The van der Waals surface area contributed by atoms with Gasteiger partial charge in [0.2, 0.25) is 5.91 Å². The third-order valence-corrected chi connectivity index (χ3v) is 6.25. The van der Waals surface area contributed by atoms with Crippen LogP contribution in [0, 0.1) is 0 Å². The van der Waals surface area contributed by atoms with E-state index < -0.39 is 0 Å². The lowest BCUT2D eigenvalue weighted by Crippen LogP contribution is -2.44. The van der Waals surface area contributed by atoms with Gasteiger partial charge in [0.1, 0.15) is 6.61 Å². The van der Waals surface area contributed by atoms with Crippen LogP contribution < -0.4 is 9.47 Å². The number of amides is 1. The van der Waals surface area contributed by atoms with E-state index in [9.17, 15) is 4.79 Å². The average molecular weight is 459 g/mol. The monoisotopic (exact) mass is 458 g/mol. The number of halogens is 1. The highest BCUT2D eigenvalue weighted by Gasteiger charge is 2.25. The second-order valence-electron chi connectivity index (χ2n) is 7.09. The Morgan fingerprint density at radius 1 is 1.19 bits per heavy atom.